The minimum Gasteiger partial charge on any atom is -0.504 e. The minimum atomic E-state index is -2.59. The molecule has 0 spiro atoms. The Kier molecular flexibility index (Phi) is 4.46. The molecule has 1 aliphatic carbocycles. The van der Waals surface area contributed by atoms with Gasteiger partial charge < -0.3 is 34.1 Å². The predicted octanol–water partition coefficient (Wildman–Crippen LogP) is 1.09. The van der Waals surface area contributed by atoms with Crippen LogP contribution in [0.25, 0.3) is 10.8 Å². The number of hydrogen-bond acceptors (Lipinski definition) is 9. The van der Waals surface area contributed by atoms with Gasteiger partial charge in [0.05, 0.1) is 14.2 Å². The number of phenols is 1. The van der Waals surface area contributed by atoms with E-state index >= 15 is 0 Å². The Balaban J connectivity index is 2.25. The summed E-state index contributed by atoms with van der Waals surface area (Å²) in [5.74, 6) is -4.39. The number of likely N-dealkylation sites (N-methyl/N-ethyl adjacent to an activating group) is 1. The van der Waals surface area contributed by atoms with E-state index in [0.29, 0.717) is 24.0 Å². The molecule has 2 aromatic carbocycles. The summed E-state index contributed by atoms with van der Waals surface area (Å²) in [6.07, 6.45) is 0.657. The molecule has 1 unspecified atom stereocenters. The zero-order valence-corrected chi connectivity index (χ0v) is 17.4. The van der Waals surface area contributed by atoms with E-state index in [1.54, 1.807) is 12.1 Å². The van der Waals surface area contributed by atoms with Gasteiger partial charge >= 0.3 is 5.97 Å². The number of hydrogen-bond donors (Lipinski definition) is 2. The molecule has 1 atom stereocenters. The molecule has 9 nitrogen and oxygen atoms in total. The number of aromatic hydroxyl groups is 1. The lowest BCUT2D eigenvalue weighted by molar-refractivity contribution is -0.267. The Morgan fingerprint density at radius 2 is 1.80 bits per heavy atom. The Bertz CT molecular complexity index is 1090. The molecule has 2 N–H and O–H groups in total. The molecule has 1 aliphatic heterocycles. The second-order valence-electron chi connectivity index (χ2n) is 7.38. The second-order valence-corrected chi connectivity index (χ2v) is 7.38. The van der Waals surface area contributed by atoms with Crippen LogP contribution >= 0.6 is 0 Å². The Labute approximate surface area is 172 Å². The first kappa shape index (κ1) is 20.4. The summed E-state index contributed by atoms with van der Waals surface area (Å²) in [7, 11) is 6.66. The molecule has 2 aliphatic rings. The average Bonchev–Trinajstić information content (AvgIpc) is 2.95. The molecule has 0 saturated heterocycles. The largest absolute Gasteiger partial charge is 0.504 e. The molecule has 2 aromatic rings. The van der Waals surface area contributed by atoms with Gasteiger partial charge in [-0.1, -0.05) is 0 Å². The normalized spacial score (nSPS) is 21.7. The quantitative estimate of drug-likeness (QED) is 0.557. The van der Waals surface area contributed by atoms with Crippen LogP contribution in [0.15, 0.2) is 12.1 Å². The highest BCUT2D eigenvalue weighted by Crippen LogP contribution is 2.55. The van der Waals surface area contributed by atoms with Crippen LogP contribution in [0.5, 0.6) is 11.5 Å². The SMILES string of the molecule is COC(=O)C1(O)c2cc3c4c(cc(OC)c(O)c4c2C(=O)C1(OC)OC)CCN3C. The molecular weight excluding hydrogens is 394 g/mol. The number of carbonyl (C=O) groups excluding carboxylic acids is 2. The van der Waals surface area contributed by atoms with Crippen LogP contribution in [0.1, 0.15) is 21.5 Å². The number of ether oxygens (including phenoxy) is 4. The fraction of sp³-hybridized carbons (Fsp3) is 0.429. The summed E-state index contributed by atoms with van der Waals surface area (Å²) in [5, 5.41) is 23.4. The number of nitrogens with zero attached hydrogens (tertiary/aromatic N) is 1. The van der Waals surface area contributed by atoms with Crippen molar-refractivity contribution in [2.75, 3.05) is 46.9 Å². The summed E-state index contributed by atoms with van der Waals surface area (Å²) >= 11 is 0. The van der Waals surface area contributed by atoms with Crippen LogP contribution in [0.2, 0.25) is 0 Å². The second kappa shape index (κ2) is 6.56. The average molecular weight is 417 g/mol. The highest BCUT2D eigenvalue weighted by atomic mass is 16.7. The first-order valence-electron chi connectivity index (χ1n) is 9.30. The van der Waals surface area contributed by atoms with E-state index in [1.165, 1.54) is 7.11 Å². The van der Waals surface area contributed by atoms with Gasteiger partial charge in [-0.2, -0.15) is 0 Å². The van der Waals surface area contributed by atoms with Crippen LogP contribution in [0, 0.1) is 0 Å². The third kappa shape index (κ3) is 2.12. The standard InChI is InChI=1S/C21H23NO8/c1-22-7-6-10-8-13(27-2)17(23)16-14(10)12(22)9-11-15(16)18(24)21(29-4,30-5)20(11,26)19(25)28-3/h8-9,23,26H,6-7H2,1-5H3. The maximum absolute atomic E-state index is 13.6. The van der Waals surface area contributed by atoms with Crippen LogP contribution in [0.4, 0.5) is 5.69 Å². The van der Waals surface area contributed by atoms with Crippen molar-refractivity contribution in [2.24, 2.45) is 0 Å². The van der Waals surface area contributed by atoms with E-state index in [2.05, 4.69) is 0 Å². The van der Waals surface area contributed by atoms with E-state index in [1.807, 2.05) is 11.9 Å². The number of methoxy groups -OCH3 is 4. The van der Waals surface area contributed by atoms with Crippen molar-refractivity contribution in [1.29, 1.82) is 0 Å². The lowest BCUT2D eigenvalue weighted by Gasteiger charge is -2.36. The number of benzene rings is 2. The number of Topliss-reactive ketones (excluding diaryl/α,β-unsaturated/α-hetero) is 1. The molecular formula is C21H23NO8. The summed E-state index contributed by atoms with van der Waals surface area (Å²) < 4.78 is 20.8. The molecule has 0 fully saturated rings. The highest BCUT2D eigenvalue weighted by molar-refractivity contribution is 6.23. The molecule has 0 bridgehead atoms. The minimum absolute atomic E-state index is 0.0613. The summed E-state index contributed by atoms with van der Waals surface area (Å²) in [6.45, 7) is 0.652. The Morgan fingerprint density at radius 3 is 2.37 bits per heavy atom. The summed E-state index contributed by atoms with van der Waals surface area (Å²) in [5.41, 5.74) is -1.21. The molecule has 0 amide bonds. The van der Waals surface area contributed by atoms with Gasteiger partial charge in [0, 0.05) is 55.4 Å². The summed E-state index contributed by atoms with van der Waals surface area (Å²) in [4.78, 5) is 28.3. The van der Waals surface area contributed by atoms with Gasteiger partial charge in [0.15, 0.2) is 11.5 Å². The number of phenolic OH excluding ortho intramolecular Hbond substituents is 1. The van der Waals surface area contributed by atoms with Gasteiger partial charge in [-0.05, 0) is 24.1 Å². The number of anilines is 1. The van der Waals surface area contributed by atoms with E-state index in [4.69, 9.17) is 18.9 Å². The number of carbonyl (C=O) groups is 2. The van der Waals surface area contributed by atoms with Crippen molar-refractivity contribution in [1.82, 2.24) is 0 Å². The first-order valence-corrected chi connectivity index (χ1v) is 9.30. The first-order chi connectivity index (χ1) is 14.2. The van der Waals surface area contributed by atoms with Crippen LogP contribution < -0.4 is 9.64 Å². The number of aliphatic hydroxyl groups is 1. The van der Waals surface area contributed by atoms with Crippen molar-refractivity contribution >= 4 is 28.2 Å². The molecule has 1 heterocycles. The summed E-state index contributed by atoms with van der Waals surface area (Å²) in [6, 6.07) is 3.28. The fourth-order valence-electron chi connectivity index (χ4n) is 4.70. The highest BCUT2D eigenvalue weighted by Gasteiger charge is 2.71. The van der Waals surface area contributed by atoms with Crippen LogP contribution in [0.3, 0.4) is 0 Å². The lowest BCUT2D eigenvalue weighted by atomic mass is 9.87. The van der Waals surface area contributed by atoms with Crippen molar-refractivity contribution < 1.29 is 38.7 Å². The molecule has 9 heteroatoms. The Morgan fingerprint density at radius 1 is 1.13 bits per heavy atom. The van der Waals surface area contributed by atoms with Crippen molar-refractivity contribution in [2.45, 2.75) is 17.8 Å². The monoisotopic (exact) mass is 417 g/mol. The fourth-order valence-corrected chi connectivity index (χ4v) is 4.70. The maximum atomic E-state index is 13.6. The van der Waals surface area contributed by atoms with Crippen LogP contribution in [-0.4, -0.2) is 69.8 Å². The van der Waals surface area contributed by atoms with E-state index < -0.39 is 23.1 Å². The number of esters is 1. The molecule has 0 saturated carbocycles. The van der Waals surface area contributed by atoms with Gasteiger partial charge in [0.2, 0.25) is 5.78 Å². The van der Waals surface area contributed by atoms with Gasteiger partial charge in [-0.15, -0.1) is 0 Å². The third-order valence-electron chi connectivity index (χ3n) is 6.20. The Hall–Kier alpha value is -2.88. The number of ketones is 1. The lowest BCUT2D eigenvalue weighted by Crippen LogP contribution is -2.59. The van der Waals surface area contributed by atoms with Crippen molar-refractivity contribution in [3.8, 4) is 11.5 Å². The van der Waals surface area contributed by atoms with Gasteiger partial charge in [0.25, 0.3) is 11.4 Å². The van der Waals surface area contributed by atoms with Gasteiger partial charge in [-0.3, -0.25) is 4.79 Å². The van der Waals surface area contributed by atoms with Crippen molar-refractivity contribution in [3.63, 3.8) is 0 Å². The van der Waals surface area contributed by atoms with Gasteiger partial charge in [-0.25, -0.2) is 4.79 Å². The van der Waals surface area contributed by atoms with Crippen LogP contribution in [-0.2, 0) is 31.0 Å². The molecule has 160 valence electrons. The van der Waals surface area contributed by atoms with E-state index in [0.717, 1.165) is 26.9 Å². The molecule has 30 heavy (non-hydrogen) atoms. The van der Waals surface area contributed by atoms with E-state index in [9.17, 15) is 19.8 Å². The maximum Gasteiger partial charge on any atom is 0.348 e. The number of fused-ring (bicyclic) bond motifs is 2. The van der Waals surface area contributed by atoms with Crippen molar-refractivity contribution in [3.05, 3.63) is 28.8 Å². The zero-order chi connectivity index (χ0) is 22.0. The topological polar surface area (TPSA) is 115 Å². The zero-order valence-electron chi connectivity index (χ0n) is 17.4. The third-order valence-corrected chi connectivity index (χ3v) is 6.20. The molecule has 0 aromatic heterocycles. The number of rotatable bonds is 4. The smallest absolute Gasteiger partial charge is 0.348 e. The molecule has 0 radical (unpaired) electrons. The predicted molar refractivity (Wildman–Crippen MR) is 106 cm³/mol. The molecule has 4 rings (SSSR count). The van der Waals surface area contributed by atoms with E-state index in [-0.39, 0.29) is 28.0 Å². The van der Waals surface area contributed by atoms with Gasteiger partial charge in [0.1, 0.15) is 0 Å².